The Morgan fingerprint density at radius 2 is 1.65 bits per heavy atom. The molecular weight excluding hydrogens is 350 g/mol. The molecule has 26 heavy (non-hydrogen) atoms. The largest absolute Gasteiger partial charge is 0.416 e. The maximum Gasteiger partial charge on any atom is 0.416 e. The molecule has 0 aliphatic rings. The lowest BCUT2D eigenvalue weighted by atomic mass is 10.2. The van der Waals surface area contributed by atoms with Crippen LogP contribution in [0.2, 0.25) is 0 Å². The second-order valence-electron chi connectivity index (χ2n) is 5.34. The van der Waals surface area contributed by atoms with Gasteiger partial charge in [-0.2, -0.15) is 13.2 Å². The molecule has 136 valence electrons. The highest BCUT2D eigenvalue weighted by atomic mass is 19.4. The standard InChI is InChI=1S/C18H15F4N3O/c1-11(16(23)24-10-12-2-6-14(19)7-3-12)17(26)25-15-8-4-13(5-9-15)18(20,21)22/h2-9H,1,10H2,(H2,23,24)(H,25,26). The van der Waals surface area contributed by atoms with E-state index in [-0.39, 0.29) is 29.5 Å². The zero-order valence-electron chi connectivity index (χ0n) is 13.5. The summed E-state index contributed by atoms with van der Waals surface area (Å²) in [6.45, 7) is 3.65. The molecule has 2 aromatic rings. The Kier molecular flexibility index (Phi) is 5.76. The molecule has 0 saturated heterocycles. The second-order valence-corrected chi connectivity index (χ2v) is 5.34. The number of nitrogens with two attached hydrogens (primary N) is 1. The molecule has 1 amide bonds. The predicted molar refractivity (Wildman–Crippen MR) is 90.9 cm³/mol. The van der Waals surface area contributed by atoms with Crippen molar-refractivity contribution >= 4 is 17.4 Å². The van der Waals surface area contributed by atoms with E-state index in [1.807, 2.05) is 0 Å². The number of amides is 1. The van der Waals surface area contributed by atoms with Crippen molar-refractivity contribution in [3.8, 4) is 0 Å². The van der Waals surface area contributed by atoms with Gasteiger partial charge in [0.15, 0.2) is 0 Å². The van der Waals surface area contributed by atoms with Crippen LogP contribution in [0.15, 0.2) is 65.7 Å². The minimum absolute atomic E-state index is 0.124. The zero-order valence-corrected chi connectivity index (χ0v) is 13.5. The Hall–Kier alpha value is -3.16. The van der Waals surface area contributed by atoms with Crippen molar-refractivity contribution in [3.05, 3.63) is 77.6 Å². The molecule has 0 aromatic heterocycles. The fourth-order valence-electron chi connectivity index (χ4n) is 1.93. The Balaban J connectivity index is 1.98. The van der Waals surface area contributed by atoms with Crippen LogP contribution in [0.3, 0.4) is 0 Å². The molecule has 2 rings (SSSR count). The minimum atomic E-state index is -4.45. The zero-order chi connectivity index (χ0) is 19.3. The van der Waals surface area contributed by atoms with E-state index in [9.17, 15) is 22.4 Å². The Morgan fingerprint density at radius 1 is 1.08 bits per heavy atom. The summed E-state index contributed by atoms with van der Waals surface area (Å²) >= 11 is 0. The first-order valence-corrected chi connectivity index (χ1v) is 7.39. The molecule has 4 nitrogen and oxygen atoms in total. The van der Waals surface area contributed by atoms with E-state index in [1.54, 1.807) is 0 Å². The number of halogens is 4. The number of benzene rings is 2. The van der Waals surface area contributed by atoms with E-state index in [2.05, 4.69) is 16.9 Å². The molecule has 0 atom stereocenters. The molecule has 0 heterocycles. The summed E-state index contributed by atoms with van der Waals surface area (Å²) in [6.07, 6.45) is -4.45. The monoisotopic (exact) mass is 365 g/mol. The summed E-state index contributed by atoms with van der Waals surface area (Å²) in [5.41, 5.74) is 5.59. The van der Waals surface area contributed by atoms with Crippen molar-refractivity contribution in [2.24, 2.45) is 10.7 Å². The molecular formula is C18H15F4N3O. The number of alkyl halides is 3. The number of anilines is 1. The average Bonchev–Trinajstić information content (AvgIpc) is 2.60. The van der Waals surface area contributed by atoms with Crippen molar-refractivity contribution in [1.29, 1.82) is 0 Å². The molecule has 0 saturated carbocycles. The highest BCUT2D eigenvalue weighted by Gasteiger charge is 2.30. The van der Waals surface area contributed by atoms with E-state index in [4.69, 9.17) is 5.73 Å². The van der Waals surface area contributed by atoms with Crippen LogP contribution in [0, 0.1) is 5.82 Å². The maximum absolute atomic E-state index is 12.8. The van der Waals surface area contributed by atoms with Gasteiger partial charge in [-0.1, -0.05) is 18.7 Å². The third kappa shape index (κ3) is 5.17. The third-order valence-corrected chi connectivity index (χ3v) is 3.40. The summed E-state index contributed by atoms with van der Waals surface area (Å²) in [6, 6.07) is 9.54. The molecule has 0 fully saturated rings. The van der Waals surface area contributed by atoms with Gasteiger partial charge < -0.3 is 11.1 Å². The average molecular weight is 365 g/mol. The van der Waals surface area contributed by atoms with Gasteiger partial charge in [-0.3, -0.25) is 9.79 Å². The second kappa shape index (κ2) is 7.81. The molecule has 0 bridgehead atoms. The number of rotatable bonds is 5. The van der Waals surface area contributed by atoms with E-state index in [0.29, 0.717) is 5.56 Å². The van der Waals surface area contributed by atoms with Gasteiger partial charge in [0, 0.05) is 5.69 Å². The van der Waals surface area contributed by atoms with Gasteiger partial charge in [-0.05, 0) is 42.0 Å². The normalized spacial score (nSPS) is 11.9. The third-order valence-electron chi connectivity index (χ3n) is 3.40. The van der Waals surface area contributed by atoms with Crippen molar-refractivity contribution in [1.82, 2.24) is 0 Å². The quantitative estimate of drug-likeness (QED) is 0.365. The van der Waals surface area contributed by atoms with Gasteiger partial charge >= 0.3 is 6.18 Å². The van der Waals surface area contributed by atoms with Crippen molar-refractivity contribution in [3.63, 3.8) is 0 Å². The van der Waals surface area contributed by atoms with Crippen LogP contribution < -0.4 is 11.1 Å². The Labute approximate surface area is 147 Å². The number of aliphatic imine (C=N–C) groups is 1. The minimum Gasteiger partial charge on any atom is -0.383 e. The number of hydrogen-bond donors (Lipinski definition) is 2. The Bertz CT molecular complexity index is 825. The van der Waals surface area contributed by atoms with E-state index in [0.717, 1.165) is 24.3 Å². The first kappa shape index (κ1) is 19.2. The van der Waals surface area contributed by atoms with Gasteiger partial charge in [0.25, 0.3) is 5.91 Å². The number of nitrogens with zero attached hydrogens (tertiary/aromatic N) is 1. The fourth-order valence-corrected chi connectivity index (χ4v) is 1.93. The lowest BCUT2D eigenvalue weighted by molar-refractivity contribution is -0.137. The summed E-state index contributed by atoms with van der Waals surface area (Å²) in [5.74, 6) is -1.20. The maximum atomic E-state index is 12.8. The van der Waals surface area contributed by atoms with Crippen LogP contribution in [0.1, 0.15) is 11.1 Å². The molecule has 0 spiro atoms. The van der Waals surface area contributed by atoms with Gasteiger partial charge in [0.2, 0.25) is 0 Å². The molecule has 8 heteroatoms. The highest BCUT2D eigenvalue weighted by Crippen LogP contribution is 2.29. The lowest BCUT2D eigenvalue weighted by Gasteiger charge is -2.10. The topological polar surface area (TPSA) is 67.5 Å². The Morgan fingerprint density at radius 3 is 2.19 bits per heavy atom. The lowest BCUT2D eigenvalue weighted by Crippen LogP contribution is -2.25. The van der Waals surface area contributed by atoms with E-state index >= 15 is 0 Å². The van der Waals surface area contributed by atoms with Crippen LogP contribution in [0.5, 0.6) is 0 Å². The van der Waals surface area contributed by atoms with Crippen molar-refractivity contribution in [2.75, 3.05) is 5.32 Å². The van der Waals surface area contributed by atoms with Crippen LogP contribution in [0.4, 0.5) is 23.2 Å². The van der Waals surface area contributed by atoms with Crippen molar-refractivity contribution < 1.29 is 22.4 Å². The number of carbonyl (C=O) groups excluding carboxylic acids is 1. The molecule has 0 aliphatic heterocycles. The smallest absolute Gasteiger partial charge is 0.383 e. The van der Waals surface area contributed by atoms with Gasteiger partial charge in [-0.25, -0.2) is 4.39 Å². The summed E-state index contributed by atoms with van der Waals surface area (Å²) < 4.78 is 50.4. The first-order valence-electron chi connectivity index (χ1n) is 7.39. The fraction of sp³-hybridized carbons (Fsp3) is 0.111. The molecule has 3 N–H and O–H groups in total. The van der Waals surface area contributed by atoms with Crippen LogP contribution >= 0.6 is 0 Å². The number of carbonyl (C=O) groups is 1. The highest BCUT2D eigenvalue weighted by molar-refractivity contribution is 6.23. The number of amidine groups is 1. The van der Waals surface area contributed by atoms with Crippen LogP contribution in [0.25, 0.3) is 0 Å². The van der Waals surface area contributed by atoms with Gasteiger partial charge in [0.1, 0.15) is 11.7 Å². The molecule has 0 unspecified atom stereocenters. The number of hydrogen-bond acceptors (Lipinski definition) is 2. The predicted octanol–water partition coefficient (Wildman–Crippen LogP) is 3.90. The SMILES string of the molecule is C=C(C(=O)Nc1ccc(C(F)(F)F)cc1)C(N)=NCc1ccc(F)cc1. The van der Waals surface area contributed by atoms with Crippen molar-refractivity contribution in [2.45, 2.75) is 12.7 Å². The van der Waals surface area contributed by atoms with E-state index < -0.39 is 17.6 Å². The molecule has 0 radical (unpaired) electrons. The van der Waals surface area contributed by atoms with Crippen LogP contribution in [-0.2, 0) is 17.5 Å². The summed E-state index contributed by atoms with van der Waals surface area (Å²) in [5, 5.41) is 2.39. The molecule has 2 aromatic carbocycles. The summed E-state index contributed by atoms with van der Waals surface area (Å²) in [4.78, 5) is 16.0. The van der Waals surface area contributed by atoms with Crippen LogP contribution in [-0.4, -0.2) is 11.7 Å². The van der Waals surface area contributed by atoms with Gasteiger partial charge in [-0.15, -0.1) is 0 Å². The molecule has 0 aliphatic carbocycles. The first-order chi connectivity index (χ1) is 12.2. The number of nitrogens with one attached hydrogen (secondary N) is 1. The van der Waals surface area contributed by atoms with E-state index in [1.165, 1.54) is 24.3 Å². The van der Waals surface area contributed by atoms with Gasteiger partial charge in [0.05, 0.1) is 17.7 Å². The summed E-state index contributed by atoms with van der Waals surface area (Å²) in [7, 11) is 0.